The van der Waals surface area contributed by atoms with Crippen molar-refractivity contribution in [1.82, 2.24) is 9.80 Å². The third-order valence-corrected chi connectivity index (χ3v) is 5.01. The zero-order chi connectivity index (χ0) is 17.2. The Bertz CT molecular complexity index is 629. The summed E-state index contributed by atoms with van der Waals surface area (Å²) in [5, 5.41) is 0. The Hall–Kier alpha value is -1.85. The van der Waals surface area contributed by atoms with Gasteiger partial charge in [-0.1, -0.05) is 12.1 Å². The lowest BCUT2D eigenvalue weighted by molar-refractivity contribution is -0.143. The molecule has 0 saturated carbocycles. The minimum absolute atomic E-state index is 0.0843. The van der Waals surface area contributed by atoms with Crippen LogP contribution in [0.4, 0.5) is 0 Å². The van der Waals surface area contributed by atoms with Gasteiger partial charge in [-0.3, -0.25) is 9.69 Å². The molecule has 1 aromatic carbocycles. The topological polar surface area (TPSA) is 42.0 Å². The summed E-state index contributed by atoms with van der Waals surface area (Å²) in [5.74, 6) is 0.887. The van der Waals surface area contributed by atoms with E-state index in [1.54, 1.807) is 13.2 Å². The molecule has 0 aromatic heterocycles. The molecule has 2 fully saturated rings. The molecule has 5 nitrogen and oxygen atoms in total. The van der Waals surface area contributed by atoms with Gasteiger partial charge in [-0.25, -0.2) is 0 Å². The van der Waals surface area contributed by atoms with E-state index in [-0.39, 0.29) is 11.4 Å². The Morgan fingerprint density at radius 2 is 2.00 bits per heavy atom. The van der Waals surface area contributed by atoms with Crippen LogP contribution in [0, 0.1) is 0 Å². The summed E-state index contributed by atoms with van der Waals surface area (Å²) in [6, 6.07) is 7.79. The molecule has 2 aliphatic rings. The number of hydrogen-bond acceptors (Lipinski definition) is 4. The summed E-state index contributed by atoms with van der Waals surface area (Å²) in [4.78, 5) is 16.9. The Morgan fingerprint density at radius 1 is 1.29 bits per heavy atom. The summed E-state index contributed by atoms with van der Waals surface area (Å²) in [7, 11) is 1.65. The zero-order valence-electron chi connectivity index (χ0n) is 14.7. The number of carbonyl (C=O) groups is 1. The first kappa shape index (κ1) is 17.0. The van der Waals surface area contributed by atoms with Gasteiger partial charge >= 0.3 is 0 Å². The van der Waals surface area contributed by atoms with Gasteiger partial charge in [-0.2, -0.15) is 0 Å². The quantitative estimate of drug-likeness (QED) is 0.792. The second kappa shape index (κ2) is 6.95. The molecule has 0 atom stereocenters. The second-order valence-corrected chi connectivity index (χ2v) is 6.85. The van der Waals surface area contributed by atoms with Crippen molar-refractivity contribution >= 4 is 11.5 Å². The van der Waals surface area contributed by atoms with Gasteiger partial charge in [0, 0.05) is 32.3 Å². The summed E-state index contributed by atoms with van der Waals surface area (Å²) < 4.78 is 10.7. The molecule has 2 heterocycles. The first-order chi connectivity index (χ1) is 11.5. The highest BCUT2D eigenvalue weighted by Gasteiger charge is 2.45. The minimum atomic E-state index is 0.0843. The van der Waals surface area contributed by atoms with Gasteiger partial charge in [0.1, 0.15) is 5.75 Å². The van der Waals surface area contributed by atoms with Crippen LogP contribution in [0.3, 0.4) is 0 Å². The number of morpholine rings is 1. The molecule has 130 valence electrons. The number of hydrogen-bond donors (Lipinski definition) is 0. The summed E-state index contributed by atoms with van der Waals surface area (Å²) in [6.07, 6.45) is 1.73. The molecule has 0 unspecified atom stereocenters. The summed E-state index contributed by atoms with van der Waals surface area (Å²) >= 11 is 0. The van der Waals surface area contributed by atoms with Crippen molar-refractivity contribution in [2.75, 3.05) is 46.5 Å². The fourth-order valence-corrected chi connectivity index (χ4v) is 3.46. The number of methoxy groups -OCH3 is 1. The van der Waals surface area contributed by atoms with E-state index in [1.165, 1.54) is 0 Å². The average molecular weight is 330 g/mol. The smallest absolute Gasteiger partial charge is 0.246 e. The van der Waals surface area contributed by atoms with Crippen molar-refractivity contribution in [3.63, 3.8) is 0 Å². The lowest BCUT2D eigenvalue weighted by Gasteiger charge is -2.54. The number of allylic oxidation sites excluding steroid dienone is 1. The van der Waals surface area contributed by atoms with Gasteiger partial charge in [-0.05, 0) is 37.1 Å². The predicted octanol–water partition coefficient (Wildman–Crippen LogP) is 2.03. The van der Waals surface area contributed by atoms with Crippen LogP contribution in [0.25, 0.3) is 5.57 Å². The van der Waals surface area contributed by atoms with Crippen molar-refractivity contribution in [1.29, 1.82) is 0 Å². The van der Waals surface area contributed by atoms with Crippen LogP contribution in [0.1, 0.15) is 19.4 Å². The Morgan fingerprint density at radius 3 is 2.67 bits per heavy atom. The van der Waals surface area contributed by atoms with Crippen molar-refractivity contribution in [3.05, 3.63) is 35.9 Å². The molecule has 2 aliphatic heterocycles. The summed E-state index contributed by atoms with van der Waals surface area (Å²) in [5.41, 5.74) is 2.06. The van der Waals surface area contributed by atoms with Crippen molar-refractivity contribution < 1.29 is 14.3 Å². The molecule has 0 bridgehead atoms. The van der Waals surface area contributed by atoms with Crippen LogP contribution >= 0.6 is 0 Å². The monoisotopic (exact) mass is 330 g/mol. The van der Waals surface area contributed by atoms with Crippen LogP contribution in [-0.4, -0.2) is 67.7 Å². The second-order valence-electron chi connectivity index (χ2n) is 6.85. The maximum Gasteiger partial charge on any atom is 0.246 e. The van der Waals surface area contributed by atoms with Crippen LogP contribution in [0.2, 0.25) is 0 Å². The van der Waals surface area contributed by atoms with E-state index in [0.29, 0.717) is 0 Å². The standard InChI is InChI=1S/C19H26N2O3/c1-15(16-5-4-6-17(12-16)23-3)11-18(22)20-13-19(2,14-20)21-7-9-24-10-8-21/h4-6,11-12H,7-10,13-14H2,1-3H3/b15-11+. The van der Waals surface area contributed by atoms with Crippen LogP contribution in [-0.2, 0) is 9.53 Å². The molecule has 2 saturated heterocycles. The number of amides is 1. The summed E-state index contributed by atoms with van der Waals surface area (Å²) in [6.45, 7) is 9.26. The van der Waals surface area contributed by atoms with Gasteiger partial charge < -0.3 is 14.4 Å². The molecule has 5 heteroatoms. The number of carbonyl (C=O) groups excluding carboxylic acids is 1. The van der Waals surface area contributed by atoms with Gasteiger partial charge in [0.15, 0.2) is 0 Å². The third-order valence-electron chi connectivity index (χ3n) is 5.01. The van der Waals surface area contributed by atoms with E-state index in [1.807, 2.05) is 36.1 Å². The highest BCUT2D eigenvalue weighted by Crippen LogP contribution is 2.29. The van der Waals surface area contributed by atoms with E-state index in [9.17, 15) is 4.79 Å². The van der Waals surface area contributed by atoms with Crippen LogP contribution < -0.4 is 4.74 Å². The molecule has 0 aliphatic carbocycles. The maximum absolute atomic E-state index is 12.5. The van der Waals surface area contributed by atoms with Crippen LogP contribution in [0.15, 0.2) is 30.3 Å². The van der Waals surface area contributed by atoms with Gasteiger partial charge in [0.25, 0.3) is 0 Å². The van der Waals surface area contributed by atoms with Gasteiger partial charge in [-0.15, -0.1) is 0 Å². The molecule has 24 heavy (non-hydrogen) atoms. The van der Waals surface area contributed by atoms with E-state index in [0.717, 1.165) is 56.3 Å². The van der Waals surface area contributed by atoms with Gasteiger partial charge in [0.05, 0.1) is 25.9 Å². The minimum Gasteiger partial charge on any atom is -0.497 e. The largest absolute Gasteiger partial charge is 0.497 e. The SMILES string of the molecule is COc1cccc(/C(C)=C/C(=O)N2CC(C)(N3CCOCC3)C2)c1. The number of likely N-dealkylation sites (tertiary alicyclic amines) is 1. The average Bonchev–Trinajstić information content (AvgIpc) is 2.59. The van der Waals surface area contributed by atoms with Crippen molar-refractivity contribution in [2.24, 2.45) is 0 Å². The molecule has 1 aromatic rings. The molecule has 0 radical (unpaired) electrons. The fraction of sp³-hybridized carbons (Fsp3) is 0.526. The van der Waals surface area contributed by atoms with E-state index < -0.39 is 0 Å². The Kier molecular flexibility index (Phi) is 4.92. The first-order valence-corrected chi connectivity index (χ1v) is 8.46. The number of nitrogens with zero attached hydrogens (tertiary/aromatic N) is 2. The van der Waals surface area contributed by atoms with Crippen LogP contribution in [0.5, 0.6) is 5.75 Å². The third kappa shape index (κ3) is 3.47. The molecular formula is C19H26N2O3. The molecular weight excluding hydrogens is 304 g/mol. The normalized spacial score (nSPS) is 21.3. The Balaban J connectivity index is 1.61. The fourth-order valence-electron chi connectivity index (χ4n) is 3.46. The molecule has 3 rings (SSSR count). The molecule has 0 N–H and O–H groups in total. The zero-order valence-corrected chi connectivity index (χ0v) is 14.7. The molecule has 1 amide bonds. The number of rotatable bonds is 4. The highest BCUT2D eigenvalue weighted by molar-refractivity contribution is 5.95. The lowest BCUT2D eigenvalue weighted by Crippen LogP contribution is -2.70. The maximum atomic E-state index is 12.5. The van der Waals surface area contributed by atoms with Crippen molar-refractivity contribution in [2.45, 2.75) is 19.4 Å². The Labute approximate surface area is 143 Å². The highest BCUT2D eigenvalue weighted by atomic mass is 16.5. The predicted molar refractivity (Wildman–Crippen MR) is 94.0 cm³/mol. The molecule has 0 spiro atoms. The van der Waals surface area contributed by atoms with E-state index >= 15 is 0 Å². The lowest BCUT2D eigenvalue weighted by atomic mass is 9.89. The number of benzene rings is 1. The van der Waals surface area contributed by atoms with E-state index in [4.69, 9.17) is 9.47 Å². The first-order valence-electron chi connectivity index (χ1n) is 8.46. The van der Waals surface area contributed by atoms with Crippen molar-refractivity contribution in [3.8, 4) is 5.75 Å². The van der Waals surface area contributed by atoms with E-state index in [2.05, 4.69) is 11.8 Å². The van der Waals surface area contributed by atoms with Gasteiger partial charge in [0.2, 0.25) is 5.91 Å². The number of ether oxygens (including phenoxy) is 2.